The minimum absolute atomic E-state index is 0.284. The number of aromatic nitrogens is 1. The molecule has 3 N–H and O–H groups in total. The van der Waals surface area contributed by atoms with Gasteiger partial charge in [0, 0.05) is 16.6 Å². The fraction of sp³-hybridized carbons (Fsp3) is 0. The van der Waals surface area contributed by atoms with Crippen LogP contribution < -0.4 is 5.73 Å². The third kappa shape index (κ3) is 1.83. The Balaban J connectivity index is 2.18. The molecule has 0 bridgehead atoms. The van der Waals surface area contributed by atoms with Gasteiger partial charge in [0.05, 0.1) is 10.6 Å². The first-order valence-corrected chi connectivity index (χ1v) is 5.98. The van der Waals surface area contributed by atoms with E-state index < -0.39 is 0 Å². The lowest BCUT2D eigenvalue weighted by Gasteiger charge is -1.96. The van der Waals surface area contributed by atoms with Crippen LogP contribution in [0.2, 0.25) is 0 Å². The van der Waals surface area contributed by atoms with Crippen molar-refractivity contribution >= 4 is 27.1 Å². The number of fused-ring (bicyclic) bond motifs is 1. The first kappa shape index (κ1) is 10.1. The van der Waals surface area contributed by atoms with Crippen molar-refractivity contribution in [1.82, 2.24) is 4.98 Å². The van der Waals surface area contributed by atoms with Crippen LogP contribution in [0.15, 0.2) is 42.6 Å². The van der Waals surface area contributed by atoms with Gasteiger partial charge in [0.25, 0.3) is 0 Å². The van der Waals surface area contributed by atoms with Gasteiger partial charge in [-0.2, -0.15) is 0 Å². The van der Waals surface area contributed by atoms with Gasteiger partial charge in [0.2, 0.25) is 0 Å². The third-order valence-corrected chi connectivity index (χ3v) is 3.66. The molecule has 0 fully saturated rings. The van der Waals surface area contributed by atoms with Gasteiger partial charge >= 0.3 is 0 Å². The lowest BCUT2D eigenvalue weighted by Crippen LogP contribution is -1.86. The van der Waals surface area contributed by atoms with Crippen LogP contribution >= 0.6 is 11.3 Å². The maximum atomic E-state index is 9.43. The third-order valence-electron chi connectivity index (χ3n) is 2.54. The number of phenolic OH excluding ortho intramolecular Hbond substituents is 1. The molecule has 0 aliphatic carbocycles. The molecule has 0 saturated carbocycles. The number of nitrogens with two attached hydrogens (primary N) is 1. The van der Waals surface area contributed by atoms with E-state index >= 15 is 0 Å². The summed E-state index contributed by atoms with van der Waals surface area (Å²) in [5.41, 5.74) is 7.31. The Bertz CT molecular complexity index is 691. The number of thiophene rings is 1. The molecule has 0 saturated heterocycles. The normalized spacial score (nSPS) is 10.8. The summed E-state index contributed by atoms with van der Waals surface area (Å²) in [5, 5.41) is 10.5. The summed E-state index contributed by atoms with van der Waals surface area (Å²) in [7, 11) is 0. The van der Waals surface area contributed by atoms with E-state index in [4.69, 9.17) is 5.73 Å². The Morgan fingerprint density at radius 3 is 2.82 bits per heavy atom. The van der Waals surface area contributed by atoms with Crippen LogP contribution in [0.25, 0.3) is 20.7 Å². The van der Waals surface area contributed by atoms with Gasteiger partial charge < -0.3 is 10.8 Å². The largest absolute Gasteiger partial charge is 0.508 e. The Labute approximate surface area is 102 Å². The van der Waals surface area contributed by atoms with Crippen LogP contribution in [-0.4, -0.2) is 10.1 Å². The van der Waals surface area contributed by atoms with Crippen molar-refractivity contribution in [2.24, 2.45) is 0 Å². The zero-order valence-corrected chi connectivity index (χ0v) is 9.74. The Morgan fingerprint density at radius 1 is 1.12 bits per heavy atom. The maximum absolute atomic E-state index is 9.43. The zero-order chi connectivity index (χ0) is 11.8. The molecule has 0 unspecified atom stereocenters. The standard InChI is InChI=1S/C13H10N2OS/c14-9-3-4-15-11(6-9)13-5-8-1-2-10(16)7-12(8)17-13/h1-7,16H,(H2,14,15). The molecule has 0 aliphatic heterocycles. The number of phenols is 1. The van der Waals surface area contributed by atoms with Crippen LogP contribution in [0.1, 0.15) is 0 Å². The summed E-state index contributed by atoms with van der Waals surface area (Å²) in [6.45, 7) is 0. The van der Waals surface area contributed by atoms with Gasteiger partial charge in [0.15, 0.2) is 0 Å². The van der Waals surface area contributed by atoms with Crippen molar-refractivity contribution in [3.8, 4) is 16.3 Å². The number of anilines is 1. The summed E-state index contributed by atoms with van der Waals surface area (Å²) >= 11 is 1.60. The van der Waals surface area contributed by atoms with E-state index in [-0.39, 0.29) is 5.75 Å². The highest BCUT2D eigenvalue weighted by Gasteiger charge is 2.06. The van der Waals surface area contributed by atoms with E-state index in [0.29, 0.717) is 5.69 Å². The summed E-state index contributed by atoms with van der Waals surface area (Å²) in [5.74, 6) is 0.284. The van der Waals surface area contributed by atoms with Gasteiger partial charge in [-0.3, -0.25) is 4.98 Å². The van der Waals surface area contributed by atoms with Crippen molar-refractivity contribution in [3.05, 3.63) is 42.6 Å². The molecule has 3 nitrogen and oxygen atoms in total. The van der Waals surface area contributed by atoms with Gasteiger partial charge in [-0.15, -0.1) is 11.3 Å². The molecule has 3 aromatic rings. The van der Waals surface area contributed by atoms with Crippen LogP contribution in [0.5, 0.6) is 5.75 Å². The topological polar surface area (TPSA) is 59.1 Å². The van der Waals surface area contributed by atoms with Crippen molar-refractivity contribution in [2.75, 3.05) is 5.73 Å². The van der Waals surface area contributed by atoms with Gasteiger partial charge in [-0.1, -0.05) is 0 Å². The van der Waals surface area contributed by atoms with E-state index in [0.717, 1.165) is 20.7 Å². The average molecular weight is 242 g/mol. The molecule has 0 atom stereocenters. The van der Waals surface area contributed by atoms with E-state index in [1.54, 1.807) is 35.7 Å². The number of nitrogens with zero attached hydrogens (tertiary/aromatic N) is 1. The van der Waals surface area contributed by atoms with Crippen molar-refractivity contribution in [1.29, 1.82) is 0 Å². The molecular weight excluding hydrogens is 232 g/mol. The Kier molecular flexibility index (Phi) is 2.23. The number of hydrogen-bond donors (Lipinski definition) is 2. The highest BCUT2D eigenvalue weighted by atomic mass is 32.1. The number of aromatic hydroxyl groups is 1. The monoisotopic (exact) mass is 242 g/mol. The van der Waals surface area contributed by atoms with Crippen molar-refractivity contribution in [3.63, 3.8) is 0 Å². The minimum atomic E-state index is 0.284. The van der Waals surface area contributed by atoms with Crippen molar-refractivity contribution < 1.29 is 5.11 Å². The van der Waals surface area contributed by atoms with Gasteiger partial charge in [-0.05, 0) is 41.8 Å². The molecule has 0 spiro atoms. The van der Waals surface area contributed by atoms with Crippen LogP contribution in [0.3, 0.4) is 0 Å². The van der Waals surface area contributed by atoms with Crippen LogP contribution in [0.4, 0.5) is 5.69 Å². The molecule has 0 amide bonds. The fourth-order valence-corrected chi connectivity index (χ4v) is 2.79. The first-order valence-electron chi connectivity index (χ1n) is 5.17. The van der Waals surface area contributed by atoms with Crippen LogP contribution in [0, 0.1) is 0 Å². The van der Waals surface area contributed by atoms with E-state index in [9.17, 15) is 5.11 Å². The Hall–Kier alpha value is -2.07. The summed E-state index contributed by atoms with van der Waals surface area (Å²) in [6.07, 6.45) is 1.70. The minimum Gasteiger partial charge on any atom is -0.508 e. The maximum Gasteiger partial charge on any atom is 0.117 e. The lowest BCUT2D eigenvalue weighted by atomic mass is 10.2. The Morgan fingerprint density at radius 2 is 2.00 bits per heavy atom. The number of rotatable bonds is 1. The fourth-order valence-electron chi connectivity index (χ4n) is 1.73. The molecule has 4 heteroatoms. The number of hydrogen-bond acceptors (Lipinski definition) is 4. The average Bonchev–Trinajstić information content (AvgIpc) is 2.72. The molecule has 0 aliphatic rings. The predicted octanol–water partition coefficient (Wildman–Crippen LogP) is 3.25. The van der Waals surface area contributed by atoms with Gasteiger partial charge in [-0.25, -0.2) is 0 Å². The van der Waals surface area contributed by atoms with E-state index in [1.165, 1.54) is 0 Å². The van der Waals surface area contributed by atoms with Crippen molar-refractivity contribution in [2.45, 2.75) is 0 Å². The molecular formula is C13H10N2OS. The molecule has 2 aromatic heterocycles. The van der Waals surface area contributed by atoms with E-state index in [1.807, 2.05) is 12.1 Å². The van der Waals surface area contributed by atoms with Gasteiger partial charge in [0.1, 0.15) is 5.75 Å². The zero-order valence-electron chi connectivity index (χ0n) is 8.92. The van der Waals surface area contributed by atoms with E-state index in [2.05, 4.69) is 11.1 Å². The highest BCUT2D eigenvalue weighted by molar-refractivity contribution is 7.22. The second-order valence-corrected chi connectivity index (χ2v) is 4.89. The summed E-state index contributed by atoms with van der Waals surface area (Å²) in [6, 6.07) is 11.0. The number of pyridine rings is 1. The summed E-state index contributed by atoms with van der Waals surface area (Å²) < 4.78 is 1.05. The quantitative estimate of drug-likeness (QED) is 0.688. The highest BCUT2D eigenvalue weighted by Crippen LogP contribution is 2.34. The van der Waals surface area contributed by atoms with Crippen LogP contribution in [-0.2, 0) is 0 Å². The molecule has 84 valence electrons. The molecule has 0 radical (unpaired) electrons. The lowest BCUT2D eigenvalue weighted by molar-refractivity contribution is 0.476. The number of nitrogen functional groups attached to an aromatic ring is 1. The first-order chi connectivity index (χ1) is 8.22. The SMILES string of the molecule is Nc1ccnc(-c2cc3ccc(O)cc3s2)c1. The molecule has 1 aromatic carbocycles. The smallest absolute Gasteiger partial charge is 0.117 e. The second-order valence-electron chi connectivity index (χ2n) is 3.81. The second kappa shape index (κ2) is 3.75. The predicted molar refractivity (Wildman–Crippen MR) is 71.1 cm³/mol. The molecule has 2 heterocycles. The summed E-state index contributed by atoms with van der Waals surface area (Å²) in [4.78, 5) is 5.35. The molecule has 3 rings (SSSR count). The molecule has 17 heavy (non-hydrogen) atoms. The number of benzene rings is 1.